The highest BCUT2D eigenvalue weighted by Crippen LogP contribution is 2.29. The lowest BCUT2D eigenvalue weighted by atomic mass is 10.0. The number of hydrogen-bond acceptors (Lipinski definition) is 3. The summed E-state index contributed by atoms with van der Waals surface area (Å²) in [7, 11) is 1.63. The first-order valence-electron chi connectivity index (χ1n) is 7.38. The zero-order chi connectivity index (χ0) is 16.3. The number of hydrogen-bond donors (Lipinski definition) is 0. The number of rotatable bonds is 4. The molecule has 0 aromatic heterocycles. The molecule has 0 N–H and O–H groups in total. The molecule has 1 aromatic carbocycles. The van der Waals surface area contributed by atoms with Gasteiger partial charge in [-0.2, -0.15) is 8.78 Å². The van der Waals surface area contributed by atoms with E-state index in [4.69, 9.17) is 4.74 Å². The smallest absolute Gasteiger partial charge is 0.322 e. The van der Waals surface area contributed by atoms with Gasteiger partial charge >= 0.3 is 5.92 Å². The summed E-state index contributed by atoms with van der Waals surface area (Å²) in [6, 6.07) is 7.88. The van der Waals surface area contributed by atoms with Crippen molar-refractivity contribution < 1.29 is 18.3 Å². The van der Waals surface area contributed by atoms with E-state index in [2.05, 4.69) is 11.8 Å². The first-order chi connectivity index (χ1) is 10.3. The van der Waals surface area contributed by atoms with Gasteiger partial charge in [-0.15, -0.1) is 0 Å². The van der Waals surface area contributed by atoms with Crippen molar-refractivity contribution in [3.8, 4) is 5.75 Å². The maximum absolute atomic E-state index is 13.1. The average molecular weight is 312 g/mol. The topological polar surface area (TPSA) is 32.8 Å². The molecule has 1 heterocycles. The van der Waals surface area contributed by atoms with Crippen LogP contribution in [0.2, 0.25) is 0 Å². The molecule has 1 saturated heterocycles. The quantitative estimate of drug-likeness (QED) is 0.856. The van der Waals surface area contributed by atoms with Crippen LogP contribution in [0.4, 0.5) is 8.78 Å². The van der Waals surface area contributed by atoms with Gasteiger partial charge in [0.1, 0.15) is 5.75 Å². The second-order valence-electron chi connectivity index (χ2n) is 5.63. The van der Waals surface area contributed by atoms with E-state index in [9.17, 15) is 13.6 Å². The first kappa shape index (κ1) is 16.7. The second kappa shape index (κ2) is 6.60. The van der Waals surface area contributed by atoms with Gasteiger partial charge in [0, 0.05) is 44.7 Å². The molecule has 1 fully saturated rings. The van der Waals surface area contributed by atoms with Crippen molar-refractivity contribution in [3.63, 3.8) is 0 Å². The number of halogens is 2. The summed E-state index contributed by atoms with van der Waals surface area (Å²) in [6.45, 7) is 4.49. The van der Waals surface area contributed by atoms with E-state index in [1.807, 2.05) is 24.3 Å². The summed E-state index contributed by atoms with van der Waals surface area (Å²) in [5, 5.41) is 0. The number of nitrogens with zero attached hydrogens (tertiary/aromatic N) is 2. The van der Waals surface area contributed by atoms with Crippen molar-refractivity contribution in [3.05, 3.63) is 29.8 Å². The number of methoxy groups -OCH3 is 1. The Hall–Kier alpha value is -1.69. The van der Waals surface area contributed by atoms with E-state index in [1.165, 1.54) is 4.90 Å². The largest absolute Gasteiger partial charge is 0.496 e. The van der Waals surface area contributed by atoms with E-state index in [0.717, 1.165) is 11.3 Å². The molecular formula is C16H22F2N2O2. The van der Waals surface area contributed by atoms with Crippen molar-refractivity contribution >= 4 is 5.91 Å². The second-order valence-corrected chi connectivity index (χ2v) is 5.63. The number of amides is 1. The molecule has 1 aliphatic rings. The van der Waals surface area contributed by atoms with Gasteiger partial charge in [0.2, 0.25) is 0 Å². The molecule has 1 unspecified atom stereocenters. The molecule has 0 saturated carbocycles. The van der Waals surface area contributed by atoms with Crippen molar-refractivity contribution in [1.82, 2.24) is 9.80 Å². The van der Waals surface area contributed by atoms with Crippen LogP contribution in [0.25, 0.3) is 0 Å². The van der Waals surface area contributed by atoms with Crippen molar-refractivity contribution in [2.75, 3.05) is 33.3 Å². The van der Waals surface area contributed by atoms with Gasteiger partial charge in [0.25, 0.3) is 5.91 Å². The van der Waals surface area contributed by atoms with Crippen LogP contribution >= 0.6 is 0 Å². The van der Waals surface area contributed by atoms with Crippen LogP contribution in [0.15, 0.2) is 24.3 Å². The Kier molecular flexibility index (Phi) is 5.01. The molecule has 4 nitrogen and oxygen atoms in total. The lowest BCUT2D eigenvalue weighted by Crippen LogP contribution is -2.52. The Morgan fingerprint density at radius 1 is 1.23 bits per heavy atom. The van der Waals surface area contributed by atoms with E-state index in [1.54, 1.807) is 7.11 Å². The van der Waals surface area contributed by atoms with Crippen molar-refractivity contribution in [2.24, 2.45) is 0 Å². The summed E-state index contributed by atoms with van der Waals surface area (Å²) >= 11 is 0. The van der Waals surface area contributed by atoms with E-state index < -0.39 is 11.8 Å². The van der Waals surface area contributed by atoms with Gasteiger partial charge in [-0.1, -0.05) is 18.2 Å². The van der Waals surface area contributed by atoms with Crippen LogP contribution in [-0.2, 0) is 4.79 Å². The lowest BCUT2D eigenvalue weighted by Gasteiger charge is -2.39. The highest BCUT2D eigenvalue weighted by molar-refractivity contribution is 5.83. The van der Waals surface area contributed by atoms with E-state index in [0.29, 0.717) is 33.1 Å². The van der Waals surface area contributed by atoms with E-state index in [-0.39, 0.29) is 6.04 Å². The van der Waals surface area contributed by atoms with Crippen LogP contribution in [0.1, 0.15) is 25.5 Å². The predicted octanol–water partition coefficient (Wildman–Crippen LogP) is 2.56. The minimum absolute atomic E-state index is 0.107. The zero-order valence-electron chi connectivity index (χ0n) is 13.2. The number of para-hydroxylation sites is 1. The third-order valence-electron chi connectivity index (χ3n) is 4.11. The van der Waals surface area contributed by atoms with Gasteiger partial charge in [-0.05, 0) is 13.0 Å². The molecule has 1 amide bonds. The monoisotopic (exact) mass is 312 g/mol. The summed E-state index contributed by atoms with van der Waals surface area (Å²) in [5.41, 5.74) is 1.06. The molecule has 0 aliphatic carbocycles. The van der Waals surface area contributed by atoms with Gasteiger partial charge in [-0.3, -0.25) is 9.69 Å². The van der Waals surface area contributed by atoms with Gasteiger partial charge in [0.05, 0.1) is 7.11 Å². The summed E-state index contributed by atoms with van der Waals surface area (Å²) < 4.78 is 31.6. The number of ether oxygens (including phenoxy) is 1. The number of carbonyl (C=O) groups is 1. The molecular weight excluding hydrogens is 290 g/mol. The first-order valence-corrected chi connectivity index (χ1v) is 7.38. The predicted molar refractivity (Wildman–Crippen MR) is 80.2 cm³/mol. The standard InChI is InChI=1S/C16H22F2N2O2/c1-12(13-6-4-5-7-14(13)22-3)19-8-10-20(11-9-19)15(21)16(2,17)18/h4-7,12H,8-11H2,1-3H3. The fraction of sp³-hybridized carbons (Fsp3) is 0.562. The van der Waals surface area contributed by atoms with Gasteiger partial charge in [0.15, 0.2) is 0 Å². The highest BCUT2D eigenvalue weighted by Gasteiger charge is 2.38. The molecule has 1 aliphatic heterocycles. The maximum atomic E-state index is 13.1. The molecule has 0 spiro atoms. The fourth-order valence-corrected chi connectivity index (χ4v) is 2.80. The Labute approximate surface area is 129 Å². The normalized spacial score (nSPS) is 18.1. The molecule has 122 valence electrons. The fourth-order valence-electron chi connectivity index (χ4n) is 2.80. The third kappa shape index (κ3) is 3.55. The van der Waals surface area contributed by atoms with Crippen LogP contribution in [0.3, 0.4) is 0 Å². The molecule has 1 aromatic rings. The molecule has 22 heavy (non-hydrogen) atoms. The zero-order valence-corrected chi connectivity index (χ0v) is 13.2. The number of benzene rings is 1. The third-order valence-corrected chi connectivity index (χ3v) is 4.11. The van der Waals surface area contributed by atoms with Gasteiger partial charge in [-0.25, -0.2) is 0 Å². The van der Waals surface area contributed by atoms with E-state index >= 15 is 0 Å². The lowest BCUT2D eigenvalue weighted by molar-refractivity contribution is -0.156. The summed E-state index contributed by atoms with van der Waals surface area (Å²) in [5.74, 6) is -3.57. The molecule has 6 heteroatoms. The number of carbonyl (C=O) groups excluding carboxylic acids is 1. The number of piperazine rings is 1. The van der Waals surface area contributed by atoms with Gasteiger partial charge < -0.3 is 9.64 Å². The highest BCUT2D eigenvalue weighted by atomic mass is 19.3. The van der Waals surface area contributed by atoms with Crippen molar-refractivity contribution in [2.45, 2.75) is 25.8 Å². The average Bonchev–Trinajstić information content (AvgIpc) is 2.52. The SMILES string of the molecule is COc1ccccc1C(C)N1CCN(C(=O)C(C)(F)F)CC1. The van der Waals surface area contributed by atoms with Crippen LogP contribution in [0.5, 0.6) is 5.75 Å². The number of alkyl halides is 2. The Morgan fingerprint density at radius 3 is 2.36 bits per heavy atom. The Morgan fingerprint density at radius 2 is 1.82 bits per heavy atom. The Bertz CT molecular complexity index is 523. The minimum atomic E-state index is -3.30. The molecule has 1 atom stereocenters. The van der Waals surface area contributed by atoms with Crippen LogP contribution in [-0.4, -0.2) is 54.9 Å². The van der Waals surface area contributed by atoms with Crippen LogP contribution < -0.4 is 4.74 Å². The molecule has 2 rings (SSSR count). The minimum Gasteiger partial charge on any atom is -0.496 e. The van der Waals surface area contributed by atoms with Crippen LogP contribution in [0, 0.1) is 0 Å². The summed E-state index contributed by atoms with van der Waals surface area (Å²) in [4.78, 5) is 15.0. The molecule has 0 bridgehead atoms. The van der Waals surface area contributed by atoms with Crippen molar-refractivity contribution in [1.29, 1.82) is 0 Å². The maximum Gasteiger partial charge on any atom is 0.322 e. The molecule has 0 radical (unpaired) electrons. The Balaban J connectivity index is 2.01. The summed E-state index contributed by atoms with van der Waals surface area (Å²) in [6.07, 6.45) is 0.